The molecule has 0 saturated carbocycles. The highest BCUT2D eigenvalue weighted by Gasteiger charge is 2.23. The molecule has 0 unspecified atom stereocenters. The van der Waals surface area contributed by atoms with Gasteiger partial charge in [0.25, 0.3) is 5.89 Å². The van der Waals surface area contributed by atoms with Crippen molar-refractivity contribution in [2.75, 3.05) is 0 Å². The Balaban J connectivity index is 1.80. The molecule has 0 fully saturated rings. The van der Waals surface area contributed by atoms with E-state index in [-0.39, 0.29) is 0 Å². The van der Waals surface area contributed by atoms with Crippen LogP contribution < -0.4 is 0 Å². The predicted molar refractivity (Wildman–Crippen MR) is 103 cm³/mol. The van der Waals surface area contributed by atoms with E-state index < -0.39 is 0 Å². The molecule has 0 radical (unpaired) electrons. The van der Waals surface area contributed by atoms with Gasteiger partial charge in [-0.2, -0.15) is 4.98 Å². The van der Waals surface area contributed by atoms with E-state index in [2.05, 4.69) is 37.9 Å². The fourth-order valence-electron chi connectivity index (χ4n) is 2.50. The second-order valence-corrected chi connectivity index (χ2v) is 7.03. The van der Waals surface area contributed by atoms with Gasteiger partial charge in [-0.3, -0.25) is 0 Å². The molecule has 5 nitrogen and oxygen atoms in total. The first kappa shape index (κ1) is 16.3. The molecule has 2 aromatic heterocycles. The Morgan fingerprint density at radius 1 is 0.960 bits per heavy atom. The number of nitrogens with zero attached hydrogens (tertiary/aromatic N) is 3. The fraction of sp³-hybridized carbons (Fsp3) is 0.0556. The summed E-state index contributed by atoms with van der Waals surface area (Å²) >= 11 is 8.54. The molecule has 0 saturated heterocycles. The van der Waals surface area contributed by atoms with Gasteiger partial charge in [0.1, 0.15) is 17.0 Å². The molecule has 4 aromatic rings. The quantitative estimate of drug-likeness (QED) is 0.369. The van der Waals surface area contributed by atoms with E-state index in [1.54, 1.807) is 13.0 Å². The van der Waals surface area contributed by atoms with Crippen LogP contribution in [0.15, 0.2) is 57.6 Å². The summed E-state index contributed by atoms with van der Waals surface area (Å²) < 4.78 is 12.0. The van der Waals surface area contributed by atoms with Gasteiger partial charge in [0.2, 0.25) is 5.82 Å². The lowest BCUT2D eigenvalue weighted by atomic mass is 10.1. The van der Waals surface area contributed by atoms with Gasteiger partial charge < -0.3 is 9.05 Å². The smallest absolute Gasteiger partial charge is 0.264 e. The van der Waals surface area contributed by atoms with Crippen molar-refractivity contribution in [1.82, 2.24) is 15.3 Å². The summed E-state index contributed by atoms with van der Waals surface area (Å²) in [5.74, 6) is 1.45. The molecule has 0 spiro atoms. The number of hydrogen-bond donors (Lipinski definition) is 0. The van der Waals surface area contributed by atoms with Crippen molar-refractivity contribution >= 4 is 34.2 Å². The zero-order chi connectivity index (χ0) is 17.4. The summed E-state index contributed by atoms with van der Waals surface area (Å²) in [6, 6.07) is 15.3. The number of benzene rings is 2. The third-order valence-corrected chi connectivity index (χ3v) is 4.78. The van der Waals surface area contributed by atoms with Crippen LogP contribution in [0.4, 0.5) is 0 Å². The number of aryl methyl sites for hydroxylation is 1. The largest absolute Gasteiger partial charge is 0.360 e. The molecular weight excluding hydrogens is 453 g/mol. The molecule has 7 heteroatoms. The van der Waals surface area contributed by atoms with Gasteiger partial charge >= 0.3 is 0 Å². The third-order valence-electron chi connectivity index (χ3n) is 3.73. The van der Waals surface area contributed by atoms with Gasteiger partial charge in [0, 0.05) is 14.7 Å². The van der Waals surface area contributed by atoms with Crippen LogP contribution in [-0.2, 0) is 0 Å². The molecule has 0 aliphatic heterocycles. The van der Waals surface area contributed by atoms with Crippen molar-refractivity contribution in [1.29, 1.82) is 0 Å². The highest BCUT2D eigenvalue weighted by molar-refractivity contribution is 14.1. The lowest BCUT2D eigenvalue weighted by Crippen LogP contribution is -1.86. The van der Waals surface area contributed by atoms with Crippen molar-refractivity contribution in [3.63, 3.8) is 0 Å². The molecule has 2 heterocycles. The van der Waals surface area contributed by atoms with E-state index in [4.69, 9.17) is 20.6 Å². The highest BCUT2D eigenvalue weighted by Crippen LogP contribution is 2.37. The van der Waals surface area contributed by atoms with Crippen molar-refractivity contribution in [3.8, 4) is 34.1 Å². The molecule has 0 N–H and O–H groups in total. The zero-order valence-electron chi connectivity index (χ0n) is 13.0. The van der Waals surface area contributed by atoms with Gasteiger partial charge in [-0.25, -0.2) is 0 Å². The molecular formula is C18H11ClIN3O2. The van der Waals surface area contributed by atoms with Gasteiger partial charge in [-0.1, -0.05) is 52.2 Å². The predicted octanol–water partition coefficient (Wildman–Crippen LogP) is 5.63. The van der Waals surface area contributed by atoms with Crippen molar-refractivity contribution in [2.45, 2.75) is 6.92 Å². The van der Waals surface area contributed by atoms with Crippen LogP contribution in [0.3, 0.4) is 0 Å². The summed E-state index contributed by atoms with van der Waals surface area (Å²) in [4.78, 5) is 4.51. The van der Waals surface area contributed by atoms with Gasteiger partial charge in [0.05, 0.1) is 5.02 Å². The second-order valence-electron chi connectivity index (χ2n) is 5.37. The maximum absolute atomic E-state index is 6.29. The van der Waals surface area contributed by atoms with E-state index in [0.29, 0.717) is 33.8 Å². The van der Waals surface area contributed by atoms with Gasteiger partial charge in [-0.05, 0) is 47.7 Å². The third kappa shape index (κ3) is 3.07. The summed E-state index contributed by atoms with van der Waals surface area (Å²) in [5.41, 5.74) is 2.87. The van der Waals surface area contributed by atoms with Crippen LogP contribution in [-0.4, -0.2) is 15.3 Å². The number of aromatic nitrogens is 3. The first-order valence-corrected chi connectivity index (χ1v) is 8.90. The van der Waals surface area contributed by atoms with Crippen molar-refractivity contribution < 1.29 is 9.05 Å². The minimum absolute atomic E-state index is 0.349. The molecule has 25 heavy (non-hydrogen) atoms. The number of rotatable bonds is 3. The average molecular weight is 464 g/mol. The average Bonchev–Trinajstić information content (AvgIpc) is 3.23. The van der Waals surface area contributed by atoms with Crippen LogP contribution in [0, 0.1) is 10.5 Å². The van der Waals surface area contributed by atoms with Crippen LogP contribution >= 0.6 is 34.2 Å². The maximum Gasteiger partial charge on any atom is 0.264 e. The minimum atomic E-state index is 0.349. The Morgan fingerprint density at radius 3 is 2.48 bits per heavy atom. The van der Waals surface area contributed by atoms with Crippen LogP contribution in [0.2, 0.25) is 5.02 Å². The monoisotopic (exact) mass is 463 g/mol. The van der Waals surface area contributed by atoms with Gasteiger partial charge in [-0.15, -0.1) is 0 Å². The first-order chi connectivity index (χ1) is 12.1. The minimum Gasteiger partial charge on any atom is -0.360 e. The van der Waals surface area contributed by atoms with Crippen molar-refractivity contribution in [3.05, 3.63) is 62.9 Å². The van der Waals surface area contributed by atoms with E-state index in [0.717, 1.165) is 14.7 Å². The van der Waals surface area contributed by atoms with E-state index in [1.807, 2.05) is 42.5 Å². The SMILES string of the molecule is Cc1onc(-c2ccccc2Cl)c1-c1nc(-c2ccc(I)cc2)no1. The lowest BCUT2D eigenvalue weighted by Gasteiger charge is -2.00. The summed E-state index contributed by atoms with van der Waals surface area (Å²) in [7, 11) is 0. The van der Waals surface area contributed by atoms with Crippen LogP contribution in [0.1, 0.15) is 5.76 Å². The Morgan fingerprint density at radius 2 is 1.72 bits per heavy atom. The maximum atomic E-state index is 6.29. The Hall–Kier alpha value is -2.19. The highest BCUT2D eigenvalue weighted by atomic mass is 127. The molecule has 0 atom stereocenters. The van der Waals surface area contributed by atoms with Crippen LogP contribution in [0.25, 0.3) is 34.1 Å². The topological polar surface area (TPSA) is 65.0 Å². The van der Waals surface area contributed by atoms with E-state index in [9.17, 15) is 0 Å². The number of halogens is 2. The van der Waals surface area contributed by atoms with E-state index in [1.165, 1.54) is 0 Å². The van der Waals surface area contributed by atoms with Crippen molar-refractivity contribution in [2.24, 2.45) is 0 Å². The Kier molecular flexibility index (Phi) is 4.30. The first-order valence-electron chi connectivity index (χ1n) is 7.44. The molecule has 0 amide bonds. The summed E-state index contributed by atoms with van der Waals surface area (Å²) in [6.45, 7) is 1.80. The van der Waals surface area contributed by atoms with Crippen LogP contribution in [0.5, 0.6) is 0 Å². The molecule has 0 aliphatic rings. The lowest BCUT2D eigenvalue weighted by molar-refractivity contribution is 0.397. The standard InChI is InChI=1S/C18H11ClIN3O2/c1-10-15(16(22-24-10)13-4-2-3-5-14(13)19)18-21-17(23-25-18)11-6-8-12(20)9-7-11/h2-9H,1H3. The molecule has 124 valence electrons. The molecule has 0 bridgehead atoms. The Bertz CT molecular complexity index is 1040. The molecule has 0 aliphatic carbocycles. The van der Waals surface area contributed by atoms with E-state index >= 15 is 0 Å². The number of hydrogen-bond acceptors (Lipinski definition) is 5. The fourth-order valence-corrected chi connectivity index (χ4v) is 3.09. The summed E-state index contributed by atoms with van der Waals surface area (Å²) in [5, 5.41) is 8.79. The molecule has 4 rings (SSSR count). The Labute approximate surface area is 162 Å². The zero-order valence-corrected chi connectivity index (χ0v) is 15.9. The summed E-state index contributed by atoms with van der Waals surface area (Å²) in [6.07, 6.45) is 0. The second kappa shape index (κ2) is 6.61. The van der Waals surface area contributed by atoms with Gasteiger partial charge in [0.15, 0.2) is 0 Å². The normalized spacial score (nSPS) is 11.0. The molecule has 2 aromatic carbocycles.